The molecule has 1 unspecified atom stereocenters. The number of sulfone groups is 1. The van der Waals surface area contributed by atoms with Crippen molar-refractivity contribution in [1.82, 2.24) is 15.3 Å². The summed E-state index contributed by atoms with van der Waals surface area (Å²) in [5.41, 5.74) is 1.63. The fourth-order valence-electron chi connectivity index (χ4n) is 2.62. The first-order valence-corrected chi connectivity index (χ1v) is 9.34. The number of aromatic nitrogens is 2. The number of nitrogens with zero attached hydrogens (tertiary/aromatic N) is 1. The van der Waals surface area contributed by atoms with E-state index in [1.807, 2.05) is 31.2 Å². The first-order chi connectivity index (χ1) is 11.3. The molecule has 1 atom stereocenters. The third-order valence-electron chi connectivity index (χ3n) is 3.90. The molecular formula is C16H17N3O4S. The van der Waals surface area contributed by atoms with Crippen LogP contribution < -0.4 is 11.0 Å². The van der Waals surface area contributed by atoms with E-state index in [2.05, 4.69) is 15.3 Å². The third-order valence-corrected chi connectivity index (χ3v) is 5.67. The predicted octanol–water partition coefficient (Wildman–Crippen LogP) is 0.662. The van der Waals surface area contributed by atoms with Crippen LogP contribution in [-0.2, 0) is 9.84 Å². The number of aromatic amines is 1. The molecule has 126 valence electrons. The summed E-state index contributed by atoms with van der Waals surface area (Å²) in [5.74, 6) is -0.511. The lowest BCUT2D eigenvalue weighted by Gasteiger charge is -2.11. The van der Waals surface area contributed by atoms with Crippen molar-refractivity contribution in [1.29, 1.82) is 0 Å². The molecule has 1 amide bonds. The summed E-state index contributed by atoms with van der Waals surface area (Å²) in [7, 11) is -3.09. The van der Waals surface area contributed by atoms with E-state index in [1.165, 1.54) is 6.07 Å². The van der Waals surface area contributed by atoms with Crippen LogP contribution in [0.4, 0.5) is 0 Å². The zero-order chi connectivity index (χ0) is 17.3. The lowest BCUT2D eigenvalue weighted by molar-refractivity contribution is 0.0935. The number of H-pyrrole nitrogens is 1. The standard InChI is InChI=1S/C16H17N3O4S/c1-10-2-4-11(5-3-10)13-8-14(19-16(21)18-13)15(20)17-12-6-7-24(22,23)9-12/h2-5,8,12H,6-7,9H2,1H3,(H,17,20)(H,18,19,21). The number of nitrogens with one attached hydrogen (secondary N) is 2. The van der Waals surface area contributed by atoms with Gasteiger partial charge in [-0.2, -0.15) is 4.98 Å². The molecule has 24 heavy (non-hydrogen) atoms. The molecule has 1 aromatic heterocycles. The molecule has 1 aliphatic rings. The van der Waals surface area contributed by atoms with Crippen molar-refractivity contribution in [3.05, 3.63) is 52.1 Å². The van der Waals surface area contributed by atoms with Gasteiger partial charge in [-0.05, 0) is 19.4 Å². The number of carbonyl (C=O) groups is 1. The van der Waals surface area contributed by atoms with Gasteiger partial charge >= 0.3 is 5.69 Å². The maximum Gasteiger partial charge on any atom is 0.346 e. The summed E-state index contributed by atoms with van der Waals surface area (Å²) in [6.07, 6.45) is 0.383. The van der Waals surface area contributed by atoms with Crippen molar-refractivity contribution >= 4 is 15.7 Å². The summed E-state index contributed by atoms with van der Waals surface area (Å²) in [5, 5.41) is 2.65. The normalized spacial score (nSPS) is 19.1. The van der Waals surface area contributed by atoms with Gasteiger partial charge in [0, 0.05) is 11.6 Å². The van der Waals surface area contributed by atoms with E-state index in [0.29, 0.717) is 12.1 Å². The van der Waals surface area contributed by atoms with Crippen LogP contribution in [0.3, 0.4) is 0 Å². The van der Waals surface area contributed by atoms with Crippen molar-refractivity contribution in [2.75, 3.05) is 11.5 Å². The van der Waals surface area contributed by atoms with E-state index in [0.717, 1.165) is 11.1 Å². The smallest absolute Gasteiger partial charge is 0.346 e. The highest BCUT2D eigenvalue weighted by Gasteiger charge is 2.29. The van der Waals surface area contributed by atoms with Gasteiger partial charge in [-0.15, -0.1) is 0 Å². The maximum atomic E-state index is 12.3. The van der Waals surface area contributed by atoms with Crippen molar-refractivity contribution in [2.24, 2.45) is 0 Å². The number of aryl methyl sites for hydroxylation is 1. The average Bonchev–Trinajstić information content (AvgIpc) is 2.86. The summed E-state index contributed by atoms with van der Waals surface area (Å²) in [6, 6.07) is 8.49. The van der Waals surface area contributed by atoms with Gasteiger partial charge in [0.15, 0.2) is 9.84 Å². The van der Waals surface area contributed by atoms with Gasteiger partial charge in [-0.3, -0.25) is 4.79 Å². The number of amides is 1. The van der Waals surface area contributed by atoms with Crippen molar-refractivity contribution < 1.29 is 13.2 Å². The molecule has 0 radical (unpaired) electrons. The van der Waals surface area contributed by atoms with Crippen LogP contribution in [0.5, 0.6) is 0 Å². The topological polar surface area (TPSA) is 109 Å². The Labute approximate surface area is 139 Å². The van der Waals surface area contributed by atoms with E-state index in [1.54, 1.807) is 0 Å². The van der Waals surface area contributed by atoms with Gasteiger partial charge in [-0.1, -0.05) is 29.8 Å². The molecule has 8 heteroatoms. The Morgan fingerprint density at radius 1 is 1.29 bits per heavy atom. The molecule has 0 bridgehead atoms. The van der Waals surface area contributed by atoms with Crippen LogP contribution >= 0.6 is 0 Å². The SMILES string of the molecule is Cc1ccc(-c2cc(C(=O)NC3CCS(=O)(=O)C3)[nH]c(=O)n2)cc1. The minimum atomic E-state index is -3.09. The quantitative estimate of drug-likeness (QED) is 0.848. The van der Waals surface area contributed by atoms with E-state index < -0.39 is 27.5 Å². The number of hydrogen-bond acceptors (Lipinski definition) is 5. The van der Waals surface area contributed by atoms with Crippen LogP contribution in [0.25, 0.3) is 11.3 Å². The zero-order valence-corrected chi connectivity index (χ0v) is 13.9. The number of hydrogen-bond donors (Lipinski definition) is 2. The Morgan fingerprint density at radius 2 is 2.00 bits per heavy atom. The molecule has 0 saturated carbocycles. The molecular weight excluding hydrogens is 330 g/mol. The van der Waals surface area contributed by atoms with Gasteiger partial charge in [0.2, 0.25) is 0 Å². The molecule has 1 aromatic carbocycles. The van der Waals surface area contributed by atoms with Crippen LogP contribution in [0.2, 0.25) is 0 Å². The van der Waals surface area contributed by atoms with Gasteiger partial charge < -0.3 is 10.3 Å². The van der Waals surface area contributed by atoms with Crippen LogP contribution in [0, 0.1) is 6.92 Å². The minimum absolute atomic E-state index is 0.0647. The lowest BCUT2D eigenvalue weighted by Crippen LogP contribution is -2.37. The number of benzene rings is 1. The molecule has 2 heterocycles. The molecule has 1 saturated heterocycles. The molecule has 1 aliphatic heterocycles. The van der Waals surface area contributed by atoms with E-state index in [9.17, 15) is 18.0 Å². The van der Waals surface area contributed by atoms with Crippen LogP contribution in [-0.4, -0.2) is 41.8 Å². The van der Waals surface area contributed by atoms with Gasteiger partial charge in [0.1, 0.15) is 5.69 Å². The van der Waals surface area contributed by atoms with Gasteiger partial charge in [0.25, 0.3) is 5.91 Å². The monoisotopic (exact) mass is 347 g/mol. The summed E-state index contributed by atoms with van der Waals surface area (Å²) in [4.78, 5) is 30.3. The highest BCUT2D eigenvalue weighted by atomic mass is 32.2. The number of rotatable bonds is 3. The Balaban J connectivity index is 1.84. The largest absolute Gasteiger partial charge is 0.347 e. The maximum absolute atomic E-state index is 12.3. The first kappa shape index (κ1) is 16.4. The predicted molar refractivity (Wildman–Crippen MR) is 89.6 cm³/mol. The molecule has 7 nitrogen and oxygen atoms in total. The molecule has 0 spiro atoms. The highest BCUT2D eigenvalue weighted by Crippen LogP contribution is 2.17. The lowest BCUT2D eigenvalue weighted by atomic mass is 10.1. The summed E-state index contributed by atoms with van der Waals surface area (Å²) in [6.45, 7) is 1.95. The van der Waals surface area contributed by atoms with Gasteiger partial charge in [0.05, 0.1) is 17.2 Å². The third kappa shape index (κ3) is 3.70. The Kier molecular flexibility index (Phi) is 4.23. The zero-order valence-electron chi connectivity index (χ0n) is 13.1. The Bertz CT molecular complexity index is 933. The summed E-state index contributed by atoms with van der Waals surface area (Å²) < 4.78 is 22.9. The van der Waals surface area contributed by atoms with Crippen LogP contribution in [0.1, 0.15) is 22.5 Å². The highest BCUT2D eigenvalue weighted by molar-refractivity contribution is 7.91. The van der Waals surface area contributed by atoms with E-state index in [-0.39, 0.29) is 17.2 Å². The minimum Gasteiger partial charge on any atom is -0.347 e. The van der Waals surface area contributed by atoms with Crippen molar-refractivity contribution in [3.8, 4) is 11.3 Å². The number of carbonyl (C=O) groups excluding carboxylic acids is 1. The van der Waals surface area contributed by atoms with Crippen molar-refractivity contribution in [2.45, 2.75) is 19.4 Å². The fraction of sp³-hybridized carbons (Fsp3) is 0.312. The molecule has 2 N–H and O–H groups in total. The molecule has 2 aromatic rings. The second-order valence-corrected chi connectivity index (χ2v) is 8.15. The van der Waals surface area contributed by atoms with E-state index in [4.69, 9.17) is 0 Å². The molecule has 0 aliphatic carbocycles. The average molecular weight is 347 g/mol. The summed E-state index contributed by atoms with van der Waals surface area (Å²) >= 11 is 0. The van der Waals surface area contributed by atoms with Gasteiger partial charge in [-0.25, -0.2) is 13.2 Å². The second kappa shape index (κ2) is 6.20. The fourth-order valence-corrected chi connectivity index (χ4v) is 4.30. The first-order valence-electron chi connectivity index (χ1n) is 7.52. The van der Waals surface area contributed by atoms with E-state index >= 15 is 0 Å². The van der Waals surface area contributed by atoms with Crippen LogP contribution in [0.15, 0.2) is 35.1 Å². The Hall–Kier alpha value is -2.48. The molecule has 1 fully saturated rings. The Morgan fingerprint density at radius 3 is 2.62 bits per heavy atom. The molecule has 3 rings (SSSR count). The van der Waals surface area contributed by atoms with Crippen molar-refractivity contribution in [3.63, 3.8) is 0 Å². The second-order valence-electron chi connectivity index (χ2n) is 5.92.